The number of ether oxygens (including phenoxy) is 2. The minimum atomic E-state index is -0.348. The Bertz CT molecular complexity index is 636. The minimum absolute atomic E-state index is 0.0125. The lowest BCUT2D eigenvalue weighted by Gasteiger charge is -2.26. The summed E-state index contributed by atoms with van der Waals surface area (Å²) in [5, 5.41) is 3.21. The van der Waals surface area contributed by atoms with E-state index >= 15 is 0 Å². The van der Waals surface area contributed by atoms with Crippen LogP contribution in [0.25, 0.3) is 0 Å². The van der Waals surface area contributed by atoms with Crippen molar-refractivity contribution in [2.24, 2.45) is 10.7 Å². The molecule has 25 heavy (non-hydrogen) atoms. The van der Waals surface area contributed by atoms with Crippen LogP contribution in [0.1, 0.15) is 56.1 Å². The number of guanidine groups is 1. The molecule has 1 aromatic rings. The summed E-state index contributed by atoms with van der Waals surface area (Å²) in [5.74, 6) is 0.0992. The zero-order valence-corrected chi connectivity index (χ0v) is 14.9. The molecule has 1 aromatic carbocycles. The Morgan fingerprint density at radius 3 is 2.76 bits per heavy atom. The molecule has 1 saturated carbocycles. The third kappa shape index (κ3) is 3.98. The highest BCUT2D eigenvalue weighted by molar-refractivity contribution is 5.92. The fraction of sp³-hybridized carbons (Fsp3) is 0.650. The summed E-state index contributed by atoms with van der Waals surface area (Å²) >= 11 is 0. The summed E-state index contributed by atoms with van der Waals surface area (Å²) in [6.07, 6.45) is 10.6. The van der Waals surface area contributed by atoms with Crippen LogP contribution in [-0.2, 0) is 22.3 Å². The monoisotopic (exact) mass is 343 g/mol. The lowest BCUT2D eigenvalue weighted by molar-refractivity contribution is -0.174. The number of fused-ring (bicyclic) bond motifs is 1. The molecule has 1 saturated heterocycles. The lowest BCUT2D eigenvalue weighted by Crippen LogP contribution is -2.31. The highest BCUT2D eigenvalue weighted by Crippen LogP contribution is 2.36. The van der Waals surface area contributed by atoms with Crippen molar-refractivity contribution in [2.75, 3.05) is 18.5 Å². The number of rotatable bonds is 3. The van der Waals surface area contributed by atoms with Gasteiger partial charge >= 0.3 is 0 Å². The van der Waals surface area contributed by atoms with Crippen LogP contribution in [-0.4, -0.2) is 31.0 Å². The Kier molecular flexibility index (Phi) is 4.95. The maximum absolute atomic E-state index is 6.22. The Morgan fingerprint density at radius 2 is 1.92 bits per heavy atom. The van der Waals surface area contributed by atoms with Crippen molar-refractivity contribution in [3.63, 3.8) is 0 Å². The number of nitrogens with zero attached hydrogens (tertiary/aromatic N) is 1. The van der Waals surface area contributed by atoms with Crippen molar-refractivity contribution < 1.29 is 9.47 Å². The van der Waals surface area contributed by atoms with Crippen molar-refractivity contribution in [3.8, 4) is 0 Å². The van der Waals surface area contributed by atoms with Crippen LogP contribution in [0.2, 0.25) is 0 Å². The molecule has 5 heteroatoms. The first-order valence-electron chi connectivity index (χ1n) is 9.73. The van der Waals surface area contributed by atoms with Gasteiger partial charge in [-0.05, 0) is 55.4 Å². The van der Waals surface area contributed by atoms with Crippen LogP contribution in [0.4, 0.5) is 5.69 Å². The molecule has 1 unspecified atom stereocenters. The lowest BCUT2D eigenvalue weighted by atomic mass is 10.1. The second-order valence-electron chi connectivity index (χ2n) is 7.56. The first kappa shape index (κ1) is 16.9. The van der Waals surface area contributed by atoms with Crippen molar-refractivity contribution >= 4 is 11.6 Å². The predicted molar refractivity (Wildman–Crippen MR) is 99.8 cm³/mol. The molecule has 1 spiro atoms. The van der Waals surface area contributed by atoms with Crippen LogP contribution in [0.5, 0.6) is 0 Å². The quantitative estimate of drug-likeness (QED) is 0.652. The number of nitrogens with two attached hydrogens (primary N) is 1. The van der Waals surface area contributed by atoms with Crippen LogP contribution in [0.3, 0.4) is 0 Å². The van der Waals surface area contributed by atoms with Crippen LogP contribution < -0.4 is 11.1 Å². The molecule has 0 bridgehead atoms. The summed E-state index contributed by atoms with van der Waals surface area (Å²) in [6.45, 7) is 1.17. The van der Waals surface area contributed by atoms with Crippen molar-refractivity contribution in [1.29, 1.82) is 0 Å². The maximum atomic E-state index is 6.22. The molecule has 0 aromatic heterocycles. The van der Waals surface area contributed by atoms with Gasteiger partial charge in [-0.15, -0.1) is 0 Å². The second-order valence-corrected chi connectivity index (χ2v) is 7.56. The number of anilines is 1. The molecule has 3 aliphatic rings. The van der Waals surface area contributed by atoms with Crippen LogP contribution in [0.15, 0.2) is 23.2 Å². The smallest absolute Gasteiger partial charge is 0.193 e. The van der Waals surface area contributed by atoms with Gasteiger partial charge in [-0.1, -0.05) is 18.9 Å². The second kappa shape index (κ2) is 7.34. The molecule has 3 N–H and O–H groups in total. The van der Waals surface area contributed by atoms with E-state index in [1.807, 2.05) is 0 Å². The van der Waals surface area contributed by atoms with E-state index in [9.17, 15) is 0 Å². The topological polar surface area (TPSA) is 68.9 Å². The number of benzene rings is 1. The molecule has 136 valence electrons. The fourth-order valence-electron chi connectivity index (χ4n) is 4.27. The largest absolute Gasteiger partial charge is 0.370 e. The zero-order valence-electron chi connectivity index (χ0n) is 14.9. The average Bonchev–Trinajstić information content (AvgIpc) is 3.16. The zero-order chi connectivity index (χ0) is 17.1. The highest BCUT2D eigenvalue weighted by atomic mass is 16.7. The Morgan fingerprint density at radius 1 is 1.12 bits per heavy atom. The highest BCUT2D eigenvalue weighted by Gasteiger charge is 2.41. The summed E-state index contributed by atoms with van der Waals surface area (Å²) in [6, 6.07) is 6.48. The number of nitrogens with one attached hydrogen (secondary N) is 1. The average molecular weight is 343 g/mol. The van der Waals surface area contributed by atoms with Gasteiger partial charge in [0.1, 0.15) is 6.10 Å². The van der Waals surface area contributed by atoms with Gasteiger partial charge in [0.2, 0.25) is 0 Å². The molecule has 5 nitrogen and oxygen atoms in total. The van der Waals surface area contributed by atoms with Gasteiger partial charge < -0.3 is 20.5 Å². The van der Waals surface area contributed by atoms with Gasteiger partial charge in [-0.2, -0.15) is 0 Å². The normalized spacial score (nSPS) is 25.8. The third-order valence-electron chi connectivity index (χ3n) is 5.62. The van der Waals surface area contributed by atoms with Crippen molar-refractivity contribution in [3.05, 3.63) is 29.3 Å². The van der Waals surface area contributed by atoms with Crippen molar-refractivity contribution in [2.45, 2.75) is 69.7 Å². The van der Waals surface area contributed by atoms with E-state index in [-0.39, 0.29) is 11.9 Å². The molecule has 1 aliphatic heterocycles. The molecular weight excluding hydrogens is 314 g/mol. The molecule has 0 radical (unpaired) electrons. The SMILES string of the molecule is NC(=NCC1COC2(CCCCCC2)O1)Nc1ccc2c(c1)CCC2. The minimum Gasteiger partial charge on any atom is -0.370 e. The van der Waals surface area contributed by atoms with E-state index in [0.717, 1.165) is 24.9 Å². The Balaban J connectivity index is 1.31. The van der Waals surface area contributed by atoms with Gasteiger partial charge in [0, 0.05) is 18.5 Å². The van der Waals surface area contributed by atoms with E-state index < -0.39 is 0 Å². The van der Waals surface area contributed by atoms with Gasteiger partial charge in [-0.25, -0.2) is 0 Å². The molecule has 2 aliphatic carbocycles. The molecule has 0 amide bonds. The van der Waals surface area contributed by atoms with Gasteiger partial charge in [0.15, 0.2) is 11.7 Å². The number of hydrogen-bond donors (Lipinski definition) is 2. The van der Waals surface area contributed by atoms with Gasteiger partial charge in [0.25, 0.3) is 0 Å². The first-order valence-corrected chi connectivity index (χ1v) is 9.73. The van der Waals surface area contributed by atoms with Gasteiger partial charge in [0.05, 0.1) is 13.2 Å². The summed E-state index contributed by atoms with van der Waals surface area (Å²) in [4.78, 5) is 4.47. The first-order chi connectivity index (χ1) is 12.2. The molecular formula is C20H29N3O2. The molecule has 2 fully saturated rings. The third-order valence-corrected chi connectivity index (χ3v) is 5.62. The molecule has 4 rings (SSSR count). The number of aliphatic imine (C=N–C) groups is 1. The molecule has 1 heterocycles. The van der Waals surface area contributed by atoms with E-state index in [4.69, 9.17) is 15.2 Å². The van der Waals surface area contributed by atoms with E-state index in [1.165, 1.54) is 49.7 Å². The van der Waals surface area contributed by atoms with E-state index in [1.54, 1.807) is 0 Å². The standard InChI is InChI=1S/C20H29N3O2/c21-19(23-17-9-8-15-6-5-7-16(15)12-17)22-13-18-14-24-20(25-18)10-3-1-2-4-11-20/h8-9,12,18H,1-7,10-11,13-14H2,(H3,21,22,23). The fourth-order valence-corrected chi connectivity index (χ4v) is 4.27. The Hall–Kier alpha value is -1.59. The number of hydrogen-bond acceptors (Lipinski definition) is 3. The van der Waals surface area contributed by atoms with Crippen molar-refractivity contribution in [1.82, 2.24) is 0 Å². The maximum Gasteiger partial charge on any atom is 0.193 e. The number of aryl methyl sites for hydroxylation is 2. The van der Waals surface area contributed by atoms with Crippen LogP contribution in [0, 0.1) is 0 Å². The van der Waals surface area contributed by atoms with Crippen LogP contribution >= 0.6 is 0 Å². The Labute approximate surface area is 150 Å². The predicted octanol–water partition coefficient (Wildman–Crippen LogP) is 3.37. The van der Waals surface area contributed by atoms with E-state index in [2.05, 4.69) is 28.5 Å². The summed E-state index contributed by atoms with van der Waals surface area (Å²) in [5.41, 5.74) is 9.98. The molecule has 1 atom stereocenters. The van der Waals surface area contributed by atoms with E-state index in [0.29, 0.717) is 19.1 Å². The summed E-state index contributed by atoms with van der Waals surface area (Å²) < 4.78 is 12.2. The van der Waals surface area contributed by atoms with Gasteiger partial charge in [-0.3, -0.25) is 4.99 Å². The summed E-state index contributed by atoms with van der Waals surface area (Å²) in [7, 11) is 0.